The number of anilines is 1. The molecule has 0 bridgehead atoms. The lowest BCUT2D eigenvalue weighted by atomic mass is 10.1. The van der Waals surface area contributed by atoms with E-state index < -0.39 is 0 Å². The summed E-state index contributed by atoms with van der Waals surface area (Å²) in [5, 5.41) is 2.76. The minimum atomic E-state index is -0.318. The van der Waals surface area contributed by atoms with E-state index in [2.05, 4.69) is 12.2 Å². The van der Waals surface area contributed by atoms with Crippen LogP contribution in [0.5, 0.6) is 5.75 Å². The number of para-hydroxylation sites is 2. The normalized spacial score (nSPS) is 10.7. The Morgan fingerprint density at radius 1 is 0.697 bits per heavy atom. The Balaban J connectivity index is 1.60. The smallest absolute Gasteiger partial charge is 0.232 e. The molecule has 0 aliphatic rings. The van der Waals surface area contributed by atoms with Crippen molar-refractivity contribution in [1.29, 1.82) is 0 Å². The topological polar surface area (TPSA) is 55.4 Å². The number of amides is 1. The van der Waals surface area contributed by atoms with E-state index >= 15 is 0 Å². The number of hydrogen-bond acceptors (Lipinski definition) is 3. The van der Waals surface area contributed by atoms with Crippen molar-refractivity contribution in [2.24, 2.45) is 0 Å². The Bertz CT molecular complexity index is 804. The Labute approximate surface area is 200 Å². The number of carbonyl (C=O) groups is 2. The van der Waals surface area contributed by atoms with Crippen LogP contribution in [-0.2, 0) is 4.79 Å². The fourth-order valence-corrected chi connectivity index (χ4v) is 3.92. The third-order valence-electron chi connectivity index (χ3n) is 5.82. The van der Waals surface area contributed by atoms with Crippen molar-refractivity contribution in [2.75, 3.05) is 11.9 Å². The average Bonchev–Trinajstić information content (AvgIpc) is 2.83. The third kappa shape index (κ3) is 11.7. The molecule has 0 radical (unpaired) electrons. The summed E-state index contributed by atoms with van der Waals surface area (Å²) in [7, 11) is 0. The summed E-state index contributed by atoms with van der Waals surface area (Å²) in [5.74, 6) is 0.0220. The fourth-order valence-electron chi connectivity index (χ4n) is 3.92. The molecule has 2 rings (SSSR count). The van der Waals surface area contributed by atoms with Crippen LogP contribution in [0.1, 0.15) is 101 Å². The highest BCUT2D eigenvalue weighted by atomic mass is 16.5. The molecule has 0 saturated carbocycles. The van der Waals surface area contributed by atoms with E-state index in [9.17, 15) is 9.59 Å². The largest absolute Gasteiger partial charge is 0.493 e. The second kappa shape index (κ2) is 16.9. The number of rotatable bonds is 18. The third-order valence-corrected chi connectivity index (χ3v) is 5.82. The number of ketones is 1. The zero-order valence-corrected chi connectivity index (χ0v) is 20.3. The van der Waals surface area contributed by atoms with Crippen LogP contribution in [0.3, 0.4) is 0 Å². The molecular formula is C29H41NO3. The number of hydrogen-bond donors (Lipinski definition) is 1. The van der Waals surface area contributed by atoms with Gasteiger partial charge in [0.05, 0.1) is 18.6 Å². The molecule has 4 nitrogen and oxygen atoms in total. The minimum absolute atomic E-state index is 0.201. The maximum absolute atomic E-state index is 12.7. The lowest BCUT2D eigenvalue weighted by molar-refractivity contribution is -0.115. The van der Waals surface area contributed by atoms with Crippen LogP contribution in [0, 0.1) is 0 Å². The molecule has 4 heteroatoms. The van der Waals surface area contributed by atoms with Crippen LogP contribution in [0.25, 0.3) is 0 Å². The van der Waals surface area contributed by atoms with Crippen LogP contribution >= 0.6 is 0 Å². The van der Waals surface area contributed by atoms with Gasteiger partial charge in [0.2, 0.25) is 5.91 Å². The van der Waals surface area contributed by atoms with Crippen molar-refractivity contribution in [2.45, 2.75) is 90.4 Å². The van der Waals surface area contributed by atoms with Crippen LogP contribution in [0.2, 0.25) is 0 Å². The van der Waals surface area contributed by atoms with Gasteiger partial charge in [0, 0.05) is 5.69 Å². The van der Waals surface area contributed by atoms with E-state index in [-0.39, 0.29) is 18.1 Å². The number of benzene rings is 2. The van der Waals surface area contributed by atoms with Gasteiger partial charge in [-0.15, -0.1) is 0 Å². The van der Waals surface area contributed by atoms with E-state index in [0.717, 1.165) is 12.8 Å². The Hall–Kier alpha value is -2.62. The lowest BCUT2D eigenvalue weighted by Gasteiger charge is -2.11. The van der Waals surface area contributed by atoms with E-state index in [4.69, 9.17) is 4.74 Å². The van der Waals surface area contributed by atoms with Crippen LogP contribution in [0.15, 0.2) is 54.6 Å². The van der Waals surface area contributed by atoms with E-state index in [1.54, 1.807) is 24.3 Å². The molecule has 0 aliphatic heterocycles. The number of carbonyl (C=O) groups excluding carboxylic acids is 2. The van der Waals surface area contributed by atoms with Gasteiger partial charge in [-0.1, -0.05) is 108 Å². The minimum Gasteiger partial charge on any atom is -0.493 e. The highest BCUT2D eigenvalue weighted by Crippen LogP contribution is 2.21. The van der Waals surface area contributed by atoms with Gasteiger partial charge >= 0.3 is 0 Å². The molecular weight excluding hydrogens is 410 g/mol. The SMILES string of the molecule is CCCCCCCCCCCCCCOc1ccccc1C(=O)CC(=O)Nc1ccccc1. The van der Waals surface area contributed by atoms with Gasteiger partial charge in [-0.3, -0.25) is 9.59 Å². The molecule has 1 amide bonds. The standard InChI is InChI=1S/C29H41NO3/c1-2-3-4-5-6-7-8-9-10-11-12-18-23-33-28-22-17-16-21-26(28)27(31)24-29(32)30-25-19-14-13-15-20-25/h13-17,19-22H,2-12,18,23-24H2,1H3,(H,30,32). The molecule has 0 atom stereocenters. The summed E-state index contributed by atoms with van der Waals surface area (Å²) in [5.41, 5.74) is 1.16. The molecule has 0 saturated heterocycles. The first kappa shape index (κ1) is 26.6. The van der Waals surface area contributed by atoms with Crippen LogP contribution in [0.4, 0.5) is 5.69 Å². The predicted molar refractivity (Wildman–Crippen MR) is 137 cm³/mol. The van der Waals surface area contributed by atoms with Crippen LogP contribution in [-0.4, -0.2) is 18.3 Å². The maximum atomic E-state index is 12.7. The average molecular weight is 452 g/mol. The van der Waals surface area contributed by atoms with E-state index in [1.807, 2.05) is 30.3 Å². The van der Waals surface area contributed by atoms with Gasteiger partial charge in [0.1, 0.15) is 5.75 Å². The summed E-state index contributed by atoms with van der Waals surface area (Å²) < 4.78 is 5.90. The van der Waals surface area contributed by atoms with E-state index in [1.165, 1.54) is 64.2 Å². The molecule has 2 aromatic carbocycles. The van der Waals surface area contributed by atoms with Gasteiger partial charge in [-0.2, -0.15) is 0 Å². The molecule has 1 N–H and O–H groups in total. The first-order chi connectivity index (χ1) is 16.2. The van der Waals surface area contributed by atoms with Crippen molar-refractivity contribution in [3.63, 3.8) is 0 Å². The van der Waals surface area contributed by atoms with Crippen molar-refractivity contribution < 1.29 is 14.3 Å². The number of unbranched alkanes of at least 4 members (excludes halogenated alkanes) is 11. The molecule has 2 aromatic rings. The Kier molecular flexibility index (Phi) is 13.7. The zero-order chi connectivity index (χ0) is 23.6. The summed E-state index contributed by atoms with van der Waals surface area (Å²) in [6.45, 7) is 2.86. The quantitative estimate of drug-likeness (QED) is 0.142. The van der Waals surface area contributed by atoms with Gasteiger partial charge in [0.15, 0.2) is 5.78 Å². The first-order valence-corrected chi connectivity index (χ1v) is 12.8. The molecule has 0 fully saturated rings. The highest BCUT2D eigenvalue weighted by molar-refractivity contribution is 6.12. The molecule has 0 aliphatic carbocycles. The Morgan fingerprint density at radius 3 is 1.88 bits per heavy atom. The monoisotopic (exact) mass is 451 g/mol. The van der Waals surface area contributed by atoms with Gasteiger partial charge < -0.3 is 10.1 Å². The van der Waals surface area contributed by atoms with Crippen molar-refractivity contribution in [3.05, 3.63) is 60.2 Å². The molecule has 0 unspecified atom stereocenters. The number of Topliss-reactive ketones (excluding diaryl/α,β-unsaturated/α-hetero) is 1. The van der Waals surface area contributed by atoms with Crippen molar-refractivity contribution in [3.8, 4) is 5.75 Å². The van der Waals surface area contributed by atoms with Crippen molar-refractivity contribution in [1.82, 2.24) is 0 Å². The van der Waals surface area contributed by atoms with Gasteiger partial charge in [-0.25, -0.2) is 0 Å². The highest BCUT2D eigenvalue weighted by Gasteiger charge is 2.16. The second-order valence-electron chi connectivity index (χ2n) is 8.75. The maximum Gasteiger partial charge on any atom is 0.232 e. The van der Waals surface area contributed by atoms with Crippen molar-refractivity contribution >= 4 is 17.4 Å². The van der Waals surface area contributed by atoms with Gasteiger partial charge in [0.25, 0.3) is 0 Å². The van der Waals surface area contributed by atoms with E-state index in [0.29, 0.717) is 23.6 Å². The molecule has 33 heavy (non-hydrogen) atoms. The number of nitrogens with one attached hydrogen (secondary N) is 1. The summed E-state index contributed by atoms with van der Waals surface area (Å²) >= 11 is 0. The molecule has 180 valence electrons. The van der Waals surface area contributed by atoms with Gasteiger partial charge in [-0.05, 0) is 30.7 Å². The summed E-state index contributed by atoms with van der Waals surface area (Å²) in [6, 6.07) is 16.4. The second-order valence-corrected chi connectivity index (χ2v) is 8.75. The first-order valence-electron chi connectivity index (χ1n) is 12.8. The number of ether oxygens (including phenoxy) is 1. The summed E-state index contributed by atoms with van der Waals surface area (Å²) in [6.07, 6.45) is 15.4. The molecule has 0 spiro atoms. The molecule has 0 heterocycles. The lowest BCUT2D eigenvalue weighted by Crippen LogP contribution is -2.17. The predicted octanol–water partition coefficient (Wildman–Crippen LogP) is 7.98. The summed E-state index contributed by atoms with van der Waals surface area (Å²) in [4.78, 5) is 24.9. The zero-order valence-electron chi connectivity index (χ0n) is 20.3. The Morgan fingerprint density at radius 2 is 1.24 bits per heavy atom. The fraction of sp³-hybridized carbons (Fsp3) is 0.517. The molecule has 0 aromatic heterocycles. The van der Waals surface area contributed by atoms with Crippen LogP contribution < -0.4 is 10.1 Å².